The van der Waals surface area contributed by atoms with Gasteiger partial charge in [-0.2, -0.15) is 0 Å². The van der Waals surface area contributed by atoms with Crippen molar-refractivity contribution in [2.24, 2.45) is 0 Å². The molecule has 2 rings (SSSR count). The number of benzene rings is 1. The van der Waals surface area contributed by atoms with Crippen LogP contribution in [-0.2, 0) is 0 Å². The fourth-order valence-corrected chi connectivity index (χ4v) is 2.58. The molecule has 80 valence electrons. The zero-order valence-corrected chi connectivity index (χ0v) is 10.1. The number of amidine groups is 1. The van der Waals surface area contributed by atoms with Gasteiger partial charge in [-0.1, -0.05) is 18.2 Å². The Bertz CT molecular complexity index is 365. The Labute approximate surface area is 95.2 Å². The van der Waals surface area contributed by atoms with Crippen LogP contribution in [0.4, 0.5) is 5.69 Å². The molecule has 15 heavy (non-hydrogen) atoms. The third kappa shape index (κ3) is 2.53. The van der Waals surface area contributed by atoms with Gasteiger partial charge in [0, 0.05) is 5.75 Å². The molecule has 1 aliphatic heterocycles. The number of hydrogen-bond donors (Lipinski definition) is 2. The highest BCUT2D eigenvalue weighted by molar-refractivity contribution is 8.13. The SMILES string of the molecule is Cc1cccc(C)c1NC1=[NH+]CCCS1. The van der Waals surface area contributed by atoms with E-state index in [4.69, 9.17) is 0 Å². The summed E-state index contributed by atoms with van der Waals surface area (Å²) in [7, 11) is 0. The Morgan fingerprint density at radius 2 is 2.00 bits per heavy atom. The zero-order valence-electron chi connectivity index (χ0n) is 9.26. The highest BCUT2D eigenvalue weighted by atomic mass is 32.2. The molecule has 0 bridgehead atoms. The van der Waals surface area contributed by atoms with Gasteiger partial charge >= 0.3 is 5.17 Å². The Morgan fingerprint density at radius 3 is 2.60 bits per heavy atom. The van der Waals surface area contributed by atoms with Gasteiger partial charge < -0.3 is 0 Å². The lowest BCUT2D eigenvalue weighted by Crippen LogP contribution is -2.75. The van der Waals surface area contributed by atoms with E-state index in [-0.39, 0.29) is 0 Å². The van der Waals surface area contributed by atoms with Crippen molar-refractivity contribution in [1.82, 2.24) is 0 Å². The minimum Gasteiger partial charge on any atom is -0.269 e. The van der Waals surface area contributed by atoms with E-state index in [2.05, 4.69) is 42.4 Å². The first-order chi connectivity index (χ1) is 7.27. The molecule has 1 aromatic rings. The molecule has 0 spiro atoms. The average Bonchev–Trinajstić information content (AvgIpc) is 2.25. The lowest BCUT2D eigenvalue weighted by atomic mass is 10.1. The normalized spacial score (nSPS) is 16.0. The van der Waals surface area contributed by atoms with Crippen LogP contribution in [0.25, 0.3) is 0 Å². The van der Waals surface area contributed by atoms with Gasteiger partial charge in [0.2, 0.25) is 0 Å². The van der Waals surface area contributed by atoms with Crippen LogP contribution in [0.15, 0.2) is 18.2 Å². The largest absolute Gasteiger partial charge is 0.309 e. The van der Waals surface area contributed by atoms with Gasteiger partial charge in [0.25, 0.3) is 0 Å². The van der Waals surface area contributed by atoms with Crippen molar-refractivity contribution in [3.05, 3.63) is 29.3 Å². The Morgan fingerprint density at radius 1 is 1.27 bits per heavy atom. The van der Waals surface area contributed by atoms with Crippen molar-refractivity contribution in [1.29, 1.82) is 0 Å². The van der Waals surface area contributed by atoms with Gasteiger partial charge in [-0.15, -0.1) is 0 Å². The predicted molar refractivity (Wildman–Crippen MR) is 67.5 cm³/mol. The maximum Gasteiger partial charge on any atom is 0.309 e. The molecule has 0 fully saturated rings. The van der Waals surface area contributed by atoms with Gasteiger partial charge in [-0.05, 0) is 43.2 Å². The van der Waals surface area contributed by atoms with Crippen LogP contribution in [0.2, 0.25) is 0 Å². The number of para-hydroxylation sites is 1. The molecule has 1 aromatic carbocycles. The second-order valence-electron chi connectivity index (χ2n) is 3.85. The third-order valence-electron chi connectivity index (χ3n) is 2.57. The number of rotatable bonds is 1. The summed E-state index contributed by atoms with van der Waals surface area (Å²) in [4.78, 5) is 3.39. The molecule has 0 saturated carbocycles. The molecule has 0 aromatic heterocycles. The molecule has 0 radical (unpaired) electrons. The summed E-state index contributed by atoms with van der Waals surface area (Å²) in [6.07, 6.45) is 1.25. The topological polar surface area (TPSA) is 26.0 Å². The molecular formula is C12H17N2S+. The van der Waals surface area contributed by atoms with E-state index in [1.165, 1.54) is 34.2 Å². The van der Waals surface area contributed by atoms with E-state index in [1.54, 1.807) is 0 Å². The smallest absolute Gasteiger partial charge is 0.269 e. The lowest BCUT2D eigenvalue weighted by Gasteiger charge is -2.10. The van der Waals surface area contributed by atoms with Crippen LogP contribution in [0.3, 0.4) is 0 Å². The van der Waals surface area contributed by atoms with Crippen molar-refractivity contribution in [3.8, 4) is 0 Å². The molecule has 2 N–H and O–H groups in total. The summed E-state index contributed by atoms with van der Waals surface area (Å²) in [5, 5.41) is 4.68. The van der Waals surface area contributed by atoms with E-state index in [9.17, 15) is 0 Å². The summed E-state index contributed by atoms with van der Waals surface area (Å²) >= 11 is 1.87. The summed E-state index contributed by atoms with van der Waals surface area (Å²) in [5.41, 5.74) is 3.85. The van der Waals surface area contributed by atoms with E-state index < -0.39 is 0 Å². The lowest BCUT2D eigenvalue weighted by molar-refractivity contribution is -0.454. The molecule has 3 heteroatoms. The third-order valence-corrected chi connectivity index (χ3v) is 3.60. The Kier molecular flexibility index (Phi) is 3.31. The fraction of sp³-hybridized carbons (Fsp3) is 0.417. The molecule has 2 nitrogen and oxygen atoms in total. The van der Waals surface area contributed by atoms with E-state index in [1.807, 2.05) is 11.8 Å². The Hall–Kier alpha value is -0.960. The minimum absolute atomic E-state index is 1.08. The average molecular weight is 221 g/mol. The minimum atomic E-state index is 1.08. The number of nitrogens with one attached hydrogen (secondary N) is 2. The molecule has 0 unspecified atom stereocenters. The van der Waals surface area contributed by atoms with Crippen molar-refractivity contribution >= 4 is 22.6 Å². The summed E-state index contributed by atoms with van der Waals surface area (Å²) in [6, 6.07) is 6.38. The number of thioether (sulfide) groups is 1. The monoisotopic (exact) mass is 221 g/mol. The molecule has 0 saturated heterocycles. The Balaban J connectivity index is 2.19. The predicted octanol–water partition coefficient (Wildman–Crippen LogP) is 1.29. The second-order valence-corrected chi connectivity index (χ2v) is 4.95. The molecule has 0 atom stereocenters. The van der Waals surface area contributed by atoms with Gasteiger partial charge in [0.1, 0.15) is 5.69 Å². The first kappa shape index (κ1) is 10.6. The van der Waals surface area contributed by atoms with Gasteiger partial charge in [-0.3, -0.25) is 4.99 Å². The molecule has 1 aliphatic rings. The molecule has 0 aliphatic carbocycles. The highest BCUT2D eigenvalue weighted by Crippen LogP contribution is 2.20. The van der Waals surface area contributed by atoms with Crippen LogP contribution in [-0.4, -0.2) is 17.5 Å². The standard InChI is InChI=1S/C12H16N2S/c1-9-5-3-6-10(2)11(9)14-12-13-7-4-8-15-12/h3,5-6H,4,7-8H2,1-2H3,(H,13,14)/p+1. The van der Waals surface area contributed by atoms with Crippen LogP contribution in [0.5, 0.6) is 0 Å². The van der Waals surface area contributed by atoms with Crippen LogP contribution in [0.1, 0.15) is 17.5 Å². The van der Waals surface area contributed by atoms with Crippen molar-refractivity contribution < 1.29 is 4.99 Å². The number of aryl methyl sites for hydroxylation is 2. The first-order valence-corrected chi connectivity index (χ1v) is 6.33. The van der Waals surface area contributed by atoms with E-state index in [0.717, 1.165) is 6.54 Å². The first-order valence-electron chi connectivity index (χ1n) is 5.34. The maximum atomic E-state index is 3.49. The molecule has 1 heterocycles. The van der Waals surface area contributed by atoms with Gasteiger partial charge in [0.15, 0.2) is 0 Å². The number of anilines is 1. The summed E-state index contributed by atoms with van der Waals surface area (Å²) < 4.78 is 0. The maximum absolute atomic E-state index is 3.49. The summed E-state index contributed by atoms with van der Waals surface area (Å²) in [5.74, 6) is 1.21. The zero-order chi connectivity index (χ0) is 10.7. The molecular weight excluding hydrogens is 204 g/mol. The van der Waals surface area contributed by atoms with Crippen molar-refractivity contribution in [3.63, 3.8) is 0 Å². The van der Waals surface area contributed by atoms with Crippen LogP contribution in [0, 0.1) is 13.8 Å². The van der Waals surface area contributed by atoms with Crippen molar-refractivity contribution in [2.75, 3.05) is 17.6 Å². The fourth-order valence-electron chi connectivity index (χ4n) is 1.70. The van der Waals surface area contributed by atoms with Crippen molar-refractivity contribution in [2.45, 2.75) is 20.3 Å². The number of hydrogen-bond acceptors (Lipinski definition) is 2. The highest BCUT2D eigenvalue weighted by Gasteiger charge is 2.15. The van der Waals surface area contributed by atoms with Crippen LogP contribution < -0.4 is 10.3 Å². The quantitative estimate of drug-likeness (QED) is 0.747. The summed E-state index contributed by atoms with van der Waals surface area (Å²) in [6.45, 7) is 5.37. The van der Waals surface area contributed by atoms with Gasteiger partial charge in [0.05, 0.1) is 6.54 Å². The van der Waals surface area contributed by atoms with E-state index in [0.29, 0.717) is 0 Å². The molecule has 0 amide bonds. The van der Waals surface area contributed by atoms with Gasteiger partial charge in [-0.25, -0.2) is 5.32 Å². The van der Waals surface area contributed by atoms with E-state index >= 15 is 0 Å². The second kappa shape index (κ2) is 4.71. The van der Waals surface area contributed by atoms with Crippen LogP contribution >= 0.6 is 11.8 Å².